The first kappa shape index (κ1) is 18.3. The zero-order valence-corrected chi connectivity index (χ0v) is 14.9. The molecule has 3 aromatic rings. The minimum Gasteiger partial charge on any atom is -0.328 e. The summed E-state index contributed by atoms with van der Waals surface area (Å²) in [6, 6.07) is 13.7. The summed E-state index contributed by atoms with van der Waals surface area (Å²) in [5.74, 6) is -0.720. The zero-order chi connectivity index (χ0) is 19.2. The van der Waals surface area contributed by atoms with Gasteiger partial charge < -0.3 is 9.84 Å². The van der Waals surface area contributed by atoms with Gasteiger partial charge in [0.15, 0.2) is 0 Å². The smallest absolute Gasteiger partial charge is 0.328 e. The fourth-order valence-corrected chi connectivity index (χ4v) is 2.23. The molecule has 2 N–H and O–H groups in total. The summed E-state index contributed by atoms with van der Waals surface area (Å²) in [4.78, 5) is 27.0. The third-order valence-electron chi connectivity index (χ3n) is 3.33. The number of carbonyl (C=O) groups is 2. The van der Waals surface area contributed by atoms with Crippen molar-refractivity contribution >= 4 is 35.3 Å². The van der Waals surface area contributed by atoms with E-state index in [2.05, 4.69) is 26.0 Å². The van der Waals surface area contributed by atoms with Crippen molar-refractivity contribution in [2.75, 3.05) is 5.32 Å². The number of hydrogen-bond acceptors (Lipinski definition) is 6. The first-order chi connectivity index (χ1) is 13.0. The Morgan fingerprint density at radius 1 is 1.11 bits per heavy atom. The molecule has 0 bridgehead atoms. The van der Waals surface area contributed by atoms with Gasteiger partial charge in [0.25, 0.3) is 0 Å². The molecule has 0 unspecified atom stereocenters. The molecule has 0 radical (unpaired) electrons. The molecule has 0 fully saturated rings. The molecule has 1 aromatic heterocycles. The molecular weight excluding hydrogens is 370 g/mol. The van der Waals surface area contributed by atoms with Crippen LogP contribution in [0.4, 0.5) is 5.69 Å². The molecule has 136 valence electrons. The van der Waals surface area contributed by atoms with Crippen molar-refractivity contribution in [1.29, 1.82) is 0 Å². The van der Waals surface area contributed by atoms with E-state index in [0.717, 1.165) is 5.56 Å². The van der Waals surface area contributed by atoms with E-state index >= 15 is 0 Å². The Bertz CT molecular complexity index is 981. The number of carbonyl (C=O) groups excluding carboxylic acids is 2. The first-order valence-electron chi connectivity index (χ1n) is 7.82. The number of nitrogens with one attached hydrogen (secondary N) is 2. The maximum atomic E-state index is 12.0. The zero-order valence-electron chi connectivity index (χ0n) is 14.1. The molecule has 27 heavy (non-hydrogen) atoms. The highest BCUT2D eigenvalue weighted by atomic mass is 35.5. The number of nitrogens with zero attached hydrogens (tertiary/aromatic N) is 3. The number of amides is 2. The lowest BCUT2D eigenvalue weighted by Crippen LogP contribution is -2.18. The predicted molar refractivity (Wildman–Crippen MR) is 101 cm³/mol. The molecule has 9 heteroatoms. The van der Waals surface area contributed by atoms with Crippen LogP contribution in [0.5, 0.6) is 0 Å². The van der Waals surface area contributed by atoms with E-state index < -0.39 is 5.91 Å². The van der Waals surface area contributed by atoms with Crippen molar-refractivity contribution in [3.05, 3.63) is 65.0 Å². The molecule has 0 atom stereocenters. The normalized spacial score (nSPS) is 10.7. The van der Waals surface area contributed by atoms with Crippen LogP contribution in [-0.4, -0.2) is 28.2 Å². The summed E-state index contributed by atoms with van der Waals surface area (Å²) in [6.07, 6.45) is 1.45. The summed E-state index contributed by atoms with van der Waals surface area (Å²) in [6.45, 7) is 1.43. The molecule has 0 aliphatic heterocycles. The number of benzene rings is 2. The summed E-state index contributed by atoms with van der Waals surface area (Å²) in [5, 5.41) is 10.8. The van der Waals surface area contributed by atoms with Gasteiger partial charge >= 0.3 is 11.8 Å². The Morgan fingerprint density at radius 3 is 2.48 bits per heavy atom. The van der Waals surface area contributed by atoms with Crippen molar-refractivity contribution in [3.63, 3.8) is 0 Å². The maximum absolute atomic E-state index is 12.0. The minimum atomic E-state index is -0.631. The Balaban J connectivity index is 1.60. The average Bonchev–Trinajstić information content (AvgIpc) is 3.13. The van der Waals surface area contributed by atoms with Gasteiger partial charge in [-0.1, -0.05) is 28.9 Å². The monoisotopic (exact) mass is 383 g/mol. The standard InChI is InChI=1S/C18H14ClN5O3/c1-11(25)21-15-8-2-12(3-9-15)10-20-23-17(26)18-22-16(24-27-18)13-4-6-14(19)7-5-13/h2-10H,1H3,(H,21,25)(H,23,26)/b20-10+. The van der Waals surface area contributed by atoms with Crippen molar-refractivity contribution in [2.24, 2.45) is 5.10 Å². The van der Waals surface area contributed by atoms with Gasteiger partial charge in [-0.2, -0.15) is 10.1 Å². The van der Waals surface area contributed by atoms with Crippen molar-refractivity contribution in [3.8, 4) is 11.4 Å². The second-order valence-electron chi connectivity index (χ2n) is 5.43. The van der Waals surface area contributed by atoms with Crippen molar-refractivity contribution in [1.82, 2.24) is 15.6 Å². The second-order valence-corrected chi connectivity index (χ2v) is 5.87. The number of hydrogen-bond donors (Lipinski definition) is 2. The molecule has 2 amide bonds. The van der Waals surface area contributed by atoms with Crippen LogP contribution < -0.4 is 10.7 Å². The van der Waals surface area contributed by atoms with E-state index in [0.29, 0.717) is 16.3 Å². The fourth-order valence-electron chi connectivity index (χ4n) is 2.10. The molecule has 0 spiro atoms. The number of halogens is 1. The van der Waals surface area contributed by atoms with Crippen LogP contribution in [0.3, 0.4) is 0 Å². The van der Waals surface area contributed by atoms with Crippen LogP contribution in [0, 0.1) is 0 Å². The summed E-state index contributed by atoms with van der Waals surface area (Å²) in [7, 11) is 0. The number of rotatable bonds is 5. The lowest BCUT2D eigenvalue weighted by atomic mass is 10.2. The molecule has 2 aromatic carbocycles. The summed E-state index contributed by atoms with van der Waals surface area (Å²) < 4.78 is 4.95. The van der Waals surface area contributed by atoms with Gasteiger partial charge in [-0.3, -0.25) is 9.59 Å². The van der Waals surface area contributed by atoms with E-state index in [1.165, 1.54) is 13.1 Å². The van der Waals surface area contributed by atoms with E-state index in [1.54, 1.807) is 48.5 Å². The van der Waals surface area contributed by atoms with Gasteiger partial charge in [0, 0.05) is 23.2 Å². The highest BCUT2D eigenvalue weighted by molar-refractivity contribution is 6.30. The maximum Gasteiger partial charge on any atom is 0.329 e. The predicted octanol–water partition coefficient (Wildman–Crippen LogP) is 3.11. The van der Waals surface area contributed by atoms with Gasteiger partial charge in [-0.05, 0) is 42.0 Å². The van der Waals surface area contributed by atoms with Crippen molar-refractivity contribution in [2.45, 2.75) is 6.92 Å². The van der Waals surface area contributed by atoms with Crippen LogP contribution in [0.2, 0.25) is 5.02 Å². The average molecular weight is 384 g/mol. The molecule has 0 aliphatic rings. The van der Waals surface area contributed by atoms with Crippen LogP contribution in [0.1, 0.15) is 23.2 Å². The van der Waals surface area contributed by atoms with Gasteiger partial charge in [-0.15, -0.1) is 0 Å². The molecule has 0 saturated heterocycles. The van der Waals surface area contributed by atoms with E-state index in [-0.39, 0.29) is 17.6 Å². The Labute approximate surface area is 159 Å². The van der Waals surface area contributed by atoms with Crippen LogP contribution in [0.25, 0.3) is 11.4 Å². The van der Waals surface area contributed by atoms with E-state index in [9.17, 15) is 9.59 Å². The number of aromatic nitrogens is 2. The molecule has 1 heterocycles. The van der Waals surface area contributed by atoms with Gasteiger partial charge in [0.2, 0.25) is 11.7 Å². The lowest BCUT2D eigenvalue weighted by Gasteiger charge is -2.01. The van der Waals surface area contributed by atoms with Crippen LogP contribution in [-0.2, 0) is 4.79 Å². The van der Waals surface area contributed by atoms with Crippen molar-refractivity contribution < 1.29 is 14.1 Å². The molecular formula is C18H14ClN5O3. The topological polar surface area (TPSA) is 109 Å². The number of anilines is 1. The molecule has 3 rings (SSSR count). The van der Waals surface area contributed by atoms with Gasteiger partial charge in [0.05, 0.1) is 6.21 Å². The van der Waals surface area contributed by atoms with Gasteiger partial charge in [-0.25, -0.2) is 5.43 Å². The SMILES string of the molecule is CC(=O)Nc1ccc(/C=N/NC(=O)c2nc(-c3ccc(Cl)cc3)no2)cc1. The van der Waals surface area contributed by atoms with E-state index in [4.69, 9.17) is 16.1 Å². The van der Waals surface area contributed by atoms with Gasteiger partial charge in [0.1, 0.15) is 0 Å². The summed E-state index contributed by atoms with van der Waals surface area (Å²) in [5.41, 5.74) is 4.39. The van der Waals surface area contributed by atoms with Crippen LogP contribution >= 0.6 is 11.6 Å². The first-order valence-corrected chi connectivity index (χ1v) is 8.20. The molecule has 8 nitrogen and oxygen atoms in total. The number of hydrazone groups is 1. The molecule has 0 saturated carbocycles. The Hall–Kier alpha value is -3.52. The second kappa shape index (κ2) is 8.24. The lowest BCUT2D eigenvalue weighted by molar-refractivity contribution is -0.114. The fraction of sp³-hybridized carbons (Fsp3) is 0.0556. The largest absolute Gasteiger partial charge is 0.329 e. The Morgan fingerprint density at radius 2 is 1.81 bits per heavy atom. The van der Waals surface area contributed by atoms with E-state index in [1.807, 2.05) is 0 Å². The van der Waals surface area contributed by atoms with Crippen LogP contribution in [0.15, 0.2) is 58.2 Å². The highest BCUT2D eigenvalue weighted by Gasteiger charge is 2.15. The summed E-state index contributed by atoms with van der Waals surface area (Å²) >= 11 is 5.83. The highest BCUT2D eigenvalue weighted by Crippen LogP contribution is 2.18. The minimum absolute atomic E-state index is 0.152. The third kappa shape index (κ3) is 4.99. The molecule has 0 aliphatic carbocycles. The Kier molecular flexibility index (Phi) is 5.58. The quantitative estimate of drug-likeness (QED) is 0.519. The third-order valence-corrected chi connectivity index (χ3v) is 3.59.